The van der Waals surface area contributed by atoms with E-state index in [1.54, 1.807) is 0 Å². The number of unbranched alkanes of at least 4 members (excludes halogenated alkanes) is 6. The van der Waals surface area contributed by atoms with Crippen LogP contribution >= 0.6 is 0 Å². The molecule has 0 amide bonds. The molecule has 1 saturated heterocycles. The van der Waals surface area contributed by atoms with Gasteiger partial charge in [-0.3, -0.25) is 0 Å². The molecule has 0 saturated carbocycles. The zero-order valence-electron chi connectivity index (χ0n) is 12.9. The minimum Gasteiger partial charge on any atom is -0.369 e. The molecule has 0 aromatic rings. The average molecular weight is 264 g/mol. The van der Waals surface area contributed by atoms with E-state index in [0.717, 1.165) is 19.3 Å². The molecule has 0 aliphatic carbocycles. The minimum atomic E-state index is 0.522. The molecule has 1 aliphatic heterocycles. The first kappa shape index (κ1) is 16.5. The van der Waals surface area contributed by atoms with Gasteiger partial charge in [0.1, 0.15) is 0 Å². The van der Waals surface area contributed by atoms with Crippen LogP contribution in [-0.2, 0) is 4.74 Å². The topological polar surface area (TPSA) is 12.5 Å². The van der Waals surface area contributed by atoms with Crippen LogP contribution in [0.25, 0.3) is 0 Å². The number of epoxide rings is 1. The molecule has 19 heavy (non-hydrogen) atoms. The maximum atomic E-state index is 5.50. The van der Waals surface area contributed by atoms with Gasteiger partial charge in [0.25, 0.3) is 0 Å². The van der Waals surface area contributed by atoms with E-state index in [1.807, 2.05) is 0 Å². The summed E-state index contributed by atoms with van der Waals surface area (Å²) in [6, 6.07) is 0. The average Bonchev–Trinajstić information content (AvgIpc) is 3.19. The third-order valence-electron chi connectivity index (χ3n) is 3.79. The van der Waals surface area contributed by atoms with Crippen molar-refractivity contribution in [3.63, 3.8) is 0 Å². The maximum Gasteiger partial charge on any atom is 0.0876 e. The first-order chi connectivity index (χ1) is 9.38. The lowest BCUT2D eigenvalue weighted by atomic mass is 10.1. The Hall–Kier alpha value is -0.560. The molecular weight excluding hydrogens is 232 g/mol. The zero-order chi connectivity index (χ0) is 13.8. The molecule has 1 aliphatic rings. The lowest BCUT2D eigenvalue weighted by Crippen LogP contribution is -1.88. The summed E-state index contributed by atoms with van der Waals surface area (Å²) in [7, 11) is 0. The van der Waals surface area contributed by atoms with E-state index >= 15 is 0 Å². The standard InChI is InChI=1S/C18H32O/c1-3-5-6-7-8-9-10-11-12-13-14-15-16-18-17(4-2)19-18/h11-12,14-15,17-18H,3-10,13,16H2,1-2H3. The molecule has 1 nitrogen and oxygen atoms in total. The van der Waals surface area contributed by atoms with Crippen molar-refractivity contribution in [2.24, 2.45) is 0 Å². The van der Waals surface area contributed by atoms with Gasteiger partial charge in [0.05, 0.1) is 12.2 Å². The Morgan fingerprint density at radius 1 is 0.789 bits per heavy atom. The fraction of sp³-hybridized carbons (Fsp3) is 0.778. The molecule has 0 radical (unpaired) electrons. The molecule has 0 spiro atoms. The quantitative estimate of drug-likeness (QED) is 0.246. The molecule has 1 heteroatoms. The van der Waals surface area contributed by atoms with Crippen molar-refractivity contribution >= 4 is 0 Å². The highest BCUT2D eigenvalue weighted by molar-refractivity contribution is 4.97. The molecule has 1 rings (SSSR count). The fourth-order valence-electron chi connectivity index (χ4n) is 2.41. The Balaban J connectivity index is 1.81. The second-order valence-electron chi connectivity index (χ2n) is 5.59. The van der Waals surface area contributed by atoms with Gasteiger partial charge in [0.2, 0.25) is 0 Å². The van der Waals surface area contributed by atoms with Crippen molar-refractivity contribution in [3.05, 3.63) is 24.3 Å². The van der Waals surface area contributed by atoms with Crippen molar-refractivity contribution < 1.29 is 4.74 Å². The van der Waals surface area contributed by atoms with Crippen LogP contribution in [0.5, 0.6) is 0 Å². The van der Waals surface area contributed by atoms with Gasteiger partial charge in [-0.2, -0.15) is 0 Å². The molecule has 2 atom stereocenters. The van der Waals surface area contributed by atoms with Gasteiger partial charge < -0.3 is 4.74 Å². The minimum absolute atomic E-state index is 0.522. The molecule has 1 heterocycles. The van der Waals surface area contributed by atoms with Gasteiger partial charge in [-0.1, -0.05) is 70.3 Å². The predicted molar refractivity (Wildman–Crippen MR) is 84.5 cm³/mol. The van der Waals surface area contributed by atoms with Crippen LogP contribution < -0.4 is 0 Å². The summed E-state index contributed by atoms with van der Waals surface area (Å²) >= 11 is 0. The van der Waals surface area contributed by atoms with Crippen molar-refractivity contribution in [2.45, 2.75) is 90.3 Å². The second-order valence-corrected chi connectivity index (χ2v) is 5.59. The lowest BCUT2D eigenvalue weighted by Gasteiger charge is -1.97. The molecule has 0 aromatic carbocycles. The van der Waals surface area contributed by atoms with E-state index in [4.69, 9.17) is 4.74 Å². The van der Waals surface area contributed by atoms with Crippen molar-refractivity contribution in [1.82, 2.24) is 0 Å². The van der Waals surface area contributed by atoms with E-state index in [-0.39, 0.29) is 0 Å². The summed E-state index contributed by atoms with van der Waals surface area (Å²) in [5, 5.41) is 0. The van der Waals surface area contributed by atoms with Crippen LogP contribution in [0.3, 0.4) is 0 Å². The van der Waals surface area contributed by atoms with E-state index in [2.05, 4.69) is 38.2 Å². The predicted octanol–water partition coefficient (Wildman–Crippen LogP) is 5.81. The fourth-order valence-corrected chi connectivity index (χ4v) is 2.41. The number of hydrogen-bond donors (Lipinski definition) is 0. The Morgan fingerprint density at radius 3 is 2.26 bits per heavy atom. The molecule has 110 valence electrons. The summed E-state index contributed by atoms with van der Waals surface area (Å²) in [6.07, 6.45) is 23.2. The van der Waals surface area contributed by atoms with Crippen LogP contribution in [0.2, 0.25) is 0 Å². The van der Waals surface area contributed by atoms with Crippen LogP contribution in [0.15, 0.2) is 24.3 Å². The molecule has 1 fully saturated rings. The highest BCUT2D eigenvalue weighted by Gasteiger charge is 2.35. The van der Waals surface area contributed by atoms with Gasteiger partial charge in [-0.25, -0.2) is 0 Å². The summed E-state index contributed by atoms with van der Waals surface area (Å²) in [6.45, 7) is 4.47. The van der Waals surface area contributed by atoms with E-state index < -0.39 is 0 Å². The number of ether oxygens (including phenoxy) is 1. The Kier molecular flexibility index (Phi) is 9.79. The van der Waals surface area contributed by atoms with Gasteiger partial charge in [-0.05, 0) is 32.1 Å². The number of rotatable bonds is 12. The highest BCUT2D eigenvalue weighted by atomic mass is 16.6. The molecule has 0 N–H and O–H groups in total. The Morgan fingerprint density at radius 2 is 1.53 bits per heavy atom. The second kappa shape index (κ2) is 11.3. The van der Waals surface area contributed by atoms with E-state index in [1.165, 1.54) is 44.9 Å². The van der Waals surface area contributed by atoms with Crippen LogP contribution in [0.4, 0.5) is 0 Å². The first-order valence-corrected chi connectivity index (χ1v) is 8.34. The van der Waals surface area contributed by atoms with Crippen LogP contribution in [-0.4, -0.2) is 12.2 Å². The smallest absolute Gasteiger partial charge is 0.0876 e. The lowest BCUT2D eigenvalue weighted by molar-refractivity contribution is 0.367. The third-order valence-corrected chi connectivity index (χ3v) is 3.79. The highest BCUT2D eigenvalue weighted by Crippen LogP contribution is 2.28. The summed E-state index contributed by atoms with van der Waals surface area (Å²) in [5.74, 6) is 0. The number of hydrogen-bond acceptors (Lipinski definition) is 1. The van der Waals surface area contributed by atoms with E-state index in [0.29, 0.717) is 12.2 Å². The summed E-state index contributed by atoms with van der Waals surface area (Å²) < 4.78 is 5.50. The van der Waals surface area contributed by atoms with Crippen molar-refractivity contribution in [2.75, 3.05) is 0 Å². The van der Waals surface area contributed by atoms with Crippen LogP contribution in [0.1, 0.15) is 78.1 Å². The van der Waals surface area contributed by atoms with Crippen molar-refractivity contribution in [3.8, 4) is 0 Å². The van der Waals surface area contributed by atoms with Gasteiger partial charge >= 0.3 is 0 Å². The maximum absolute atomic E-state index is 5.50. The Bertz CT molecular complexity index is 254. The third kappa shape index (κ3) is 9.04. The summed E-state index contributed by atoms with van der Waals surface area (Å²) in [4.78, 5) is 0. The SMILES string of the molecule is CCCCCCCCC=CCC=CCC1OC1CC. The zero-order valence-corrected chi connectivity index (χ0v) is 12.9. The molecule has 0 aromatic heterocycles. The van der Waals surface area contributed by atoms with Gasteiger partial charge in [-0.15, -0.1) is 0 Å². The monoisotopic (exact) mass is 264 g/mol. The van der Waals surface area contributed by atoms with Crippen molar-refractivity contribution in [1.29, 1.82) is 0 Å². The molecule has 2 unspecified atom stereocenters. The van der Waals surface area contributed by atoms with E-state index in [9.17, 15) is 0 Å². The van der Waals surface area contributed by atoms with Gasteiger partial charge in [0, 0.05) is 0 Å². The number of allylic oxidation sites excluding steroid dienone is 3. The molecular formula is C18H32O. The van der Waals surface area contributed by atoms with Gasteiger partial charge in [0.15, 0.2) is 0 Å². The summed E-state index contributed by atoms with van der Waals surface area (Å²) in [5.41, 5.74) is 0. The largest absolute Gasteiger partial charge is 0.369 e. The first-order valence-electron chi connectivity index (χ1n) is 8.34. The molecule has 0 bridgehead atoms. The Labute approximate surface area is 120 Å². The van der Waals surface area contributed by atoms with Crippen LogP contribution in [0, 0.1) is 0 Å². The normalized spacial score (nSPS) is 22.6.